The molecule has 0 saturated heterocycles. The summed E-state index contributed by atoms with van der Waals surface area (Å²) in [6.07, 6.45) is 4.86. The van der Waals surface area contributed by atoms with Crippen LogP contribution in [0.2, 0.25) is 0 Å². The predicted octanol–water partition coefficient (Wildman–Crippen LogP) is 3.82. The molecule has 0 bridgehead atoms. The summed E-state index contributed by atoms with van der Waals surface area (Å²) in [7, 11) is 0. The molecule has 3 rings (SSSR count). The number of nitrogens with one attached hydrogen (secondary N) is 1. The monoisotopic (exact) mass is 347 g/mol. The highest BCUT2D eigenvalue weighted by Gasteiger charge is 2.22. The van der Waals surface area contributed by atoms with Crippen molar-refractivity contribution >= 4 is 38.6 Å². The zero-order chi connectivity index (χ0) is 15.0. The number of aromatic nitrogens is 4. The van der Waals surface area contributed by atoms with Crippen LogP contribution in [0.1, 0.15) is 26.3 Å². The molecule has 0 spiro atoms. The lowest BCUT2D eigenvalue weighted by molar-refractivity contribution is 0.418. The van der Waals surface area contributed by atoms with Crippen molar-refractivity contribution in [1.82, 2.24) is 20.1 Å². The number of nitrogens with zero attached hydrogens (tertiary/aromatic N) is 4. The van der Waals surface area contributed by atoms with Gasteiger partial charge in [-0.15, -0.1) is 0 Å². The van der Waals surface area contributed by atoms with Gasteiger partial charge in [0.1, 0.15) is 18.1 Å². The van der Waals surface area contributed by atoms with Gasteiger partial charge in [0.25, 0.3) is 0 Å². The van der Waals surface area contributed by atoms with Gasteiger partial charge >= 0.3 is 0 Å². The van der Waals surface area contributed by atoms with Gasteiger partial charge in [-0.1, -0.05) is 25.9 Å². The summed E-state index contributed by atoms with van der Waals surface area (Å²) < 4.78 is 5.96. The Balaban J connectivity index is 2.05. The largest absolute Gasteiger partial charge is 0.362 e. The predicted molar refractivity (Wildman–Crippen MR) is 83.5 cm³/mol. The molecular formula is C14H14BrN5O. The van der Waals surface area contributed by atoms with Crippen LogP contribution in [0.25, 0.3) is 11.0 Å². The average molecular weight is 348 g/mol. The van der Waals surface area contributed by atoms with Gasteiger partial charge in [-0.2, -0.15) is 0 Å². The summed E-state index contributed by atoms with van der Waals surface area (Å²) in [6.45, 7) is 6.29. The smallest absolute Gasteiger partial charge is 0.178 e. The van der Waals surface area contributed by atoms with Crippen LogP contribution in [0, 0.1) is 0 Å². The first-order valence-corrected chi connectivity index (χ1v) is 7.22. The zero-order valence-electron chi connectivity index (χ0n) is 11.9. The van der Waals surface area contributed by atoms with Gasteiger partial charge in [0.05, 0.1) is 5.52 Å². The second-order valence-electron chi connectivity index (χ2n) is 5.70. The quantitative estimate of drug-likeness (QED) is 0.759. The highest BCUT2D eigenvalue weighted by molar-refractivity contribution is 9.10. The minimum absolute atomic E-state index is 0.0817. The first-order valence-electron chi connectivity index (χ1n) is 6.43. The van der Waals surface area contributed by atoms with E-state index in [0.717, 1.165) is 15.6 Å². The Bertz CT molecular complexity index is 793. The summed E-state index contributed by atoms with van der Waals surface area (Å²) in [5.74, 6) is 1.25. The van der Waals surface area contributed by atoms with Crippen molar-refractivity contribution in [3.8, 4) is 0 Å². The molecule has 1 N–H and O–H groups in total. The Hall–Kier alpha value is -2.02. The van der Waals surface area contributed by atoms with Crippen LogP contribution in [-0.4, -0.2) is 20.1 Å². The third-order valence-electron chi connectivity index (χ3n) is 3.06. The van der Waals surface area contributed by atoms with Gasteiger partial charge in [-0.05, 0) is 27.4 Å². The second kappa shape index (κ2) is 5.07. The number of hydrogen-bond donors (Lipinski definition) is 1. The zero-order valence-corrected chi connectivity index (χ0v) is 13.5. The Kier molecular flexibility index (Phi) is 3.36. The molecule has 3 aromatic rings. The molecule has 0 unspecified atom stereocenters. The highest BCUT2D eigenvalue weighted by Crippen LogP contribution is 2.31. The summed E-state index contributed by atoms with van der Waals surface area (Å²) in [5, 5.41) is 7.21. The lowest BCUT2D eigenvalue weighted by atomic mass is 9.89. The summed E-state index contributed by atoms with van der Waals surface area (Å²) >= 11 is 3.38. The molecular weight excluding hydrogens is 334 g/mol. The molecule has 3 heterocycles. The fourth-order valence-corrected chi connectivity index (χ4v) is 2.30. The molecule has 6 nitrogen and oxygen atoms in total. The fraction of sp³-hybridized carbons (Fsp3) is 0.286. The van der Waals surface area contributed by atoms with Crippen LogP contribution >= 0.6 is 15.9 Å². The van der Waals surface area contributed by atoms with E-state index in [0.29, 0.717) is 17.2 Å². The topological polar surface area (TPSA) is 76.7 Å². The molecule has 3 aromatic heterocycles. The van der Waals surface area contributed by atoms with Crippen molar-refractivity contribution in [3.63, 3.8) is 0 Å². The van der Waals surface area contributed by atoms with E-state index < -0.39 is 0 Å². The minimum Gasteiger partial charge on any atom is -0.362 e. The first-order chi connectivity index (χ1) is 9.95. The van der Waals surface area contributed by atoms with E-state index >= 15 is 0 Å². The number of fused-ring (bicyclic) bond motifs is 1. The standard InChI is InChI=1S/C14H14BrN5O/c1-14(2,3)9-6-21-20-12(9)19-13-11-10(17-7-18-13)4-8(15)5-16-11/h4-7H,1-3H3,(H,17,18,19,20). The van der Waals surface area contributed by atoms with Crippen molar-refractivity contribution in [2.24, 2.45) is 0 Å². The van der Waals surface area contributed by atoms with Crippen molar-refractivity contribution in [1.29, 1.82) is 0 Å². The summed E-state index contributed by atoms with van der Waals surface area (Å²) in [5.41, 5.74) is 2.33. The Morgan fingerprint density at radius 3 is 2.71 bits per heavy atom. The molecule has 7 heteroatoms. The van der Waals surface area contributed by atoms with Crippen LogP contribution in [-0.2, 0) is 5.41 Å². The van der Waals surface area contributed by atoms with Crippen LogP contribution < -0.4 is 5.32 Å². The van der Waals surface area contributed by atoms with Crippen LogP contribution in [0.5, 0.6) is 0 Å². The van der Waals surface area contributed by atoms with Crippen molar-refractivity contribution < 1.29 is 4.52 Å². The van der Waals surface area contributed by atoms with Crippen LogP contribution in [0.3, 0.4) is 0 Å². The molecule has 108 valence electrons. The highest BCUT2D eigenvalue weighted by atomic mass is 79.9. The number of halogens is 1. The maximum Gasteiger partial charge on any atom is 0.178 e. The van der Waals surface area contributed by atoms with Gasteiger partial charge in [-0.25, -0.2) is 15.0 Å². The molecule has 0 aliphatic rings. The van der Waals surface area contributed by atoms with Crippen LogP contribution in [0.15, 0.2) is 33.8 Å². The molecule has 0 saturated carbocycles. The van der Waals surface area contributed by atoms with Gasteiger partial charge < -0.3 is 9.84 Å². The Labute approximate surface area is 130 Å². The van der Waals surface area contributed by atoms with Gasteiger partial charge in [0, 0.05) is 16.2 Å². The lowest BCUT2D eigenvalue weighted by Crippen LogP contribution is -2.12. The lowest BCUT2D eigenvalue weighted by Gasteiger charge is -2.17. The Morgan fingerprint density at radius 2 is 1.95 bits per heavy atom. The number of pyridine rings is 1. The van der Waals surface area contributed by atoms with Gasteiger partial charge in [-0.3, -0.25) is 0 Å². The first kappa shape index (κ1) is 13.9. The number of rotatable bonds is 2. The maximum absolute atomic E-state index is 5.09. The molecule has 0 aliphatic heterocycles. The van der Waals surface area contributed by atoms with Crippen LogP contribution in [0.4, 0.5) is 11.6 Å². The minimum atomic E-state index is -0.0817. The molecule has 0 fully saturated rings. The molecule has 0 radical (unpaired) electrons. The molecule has 0 atom stereocenters. The molecule has 21 heavy (non-hydrogen) atoms. The third kappa shape index (κ3) is 2.73. The fourth-order valence-electron chi connectivity index (χ4n) is 1.98. The second-order valence-corrected chi connectivity index (χ2v) is 6.61. The van der Waals surface area contributed by atoms with Crippen molar-refractivity contribution in [2.45, 2.75) is 26.2 Å². The summed E-state index contributed by atoms with van der Waals surface area (Å²) in [4.78, 5) is 12.8. The maximum atomic E-state index is 5.09. The third-order valence-corrected chi connectivity index (χ3v) is 3.49. The number of hydrogen-bond acceptors (Lipinski definition) is 6. The van der Waals surface area contributed by atoms with E-state index in [2.05, 4.69) is 62.1 Å². The van der Waals surface area contributed by atoms with Crippen molar-refractivity contribution in [3.05, 3.63) is 34.9 Å². The van der Waals surface area contributed by atoms with E-state index in [4.69, 9.17) is 4.52 Å². The molecule has 0 amide bonds. The van der Waals surface area contributed by atoms with Gasteiger partial charge in [0.15, 0.2) is 11.6 Å². The summed E-state index contributed by atoms with van der Waals surface area (Å²) in [6, 6.07) is 1.89. The van der Waals surface area contributed by atoms with E-state index in [-0.39, 0.29) is 5.41 Å². The van der Waals surface area contributed by atoms with E-state index in [1.807, 2.05) is 6.07 Å². The average Bonchev–Trinajstić information content (AvgIpc) is 2.87. The van der Waals surface area contributed by atoms with Crippen molar-refractivity contribution in [2.75, 3.05) is 5.32 Å². The van der Waals surface area contributed by atoms with E-state index in [9.17, 15) is 0 Å². The van der Waals surface area contributed by atoms with E-state index in [1.54, 1.807) is 12.5 Å². The van der Waals surface area contributed by atoms with Gasteiger partial charge in [0.2, 0.25) is 0 Å². The SMILES string of the molecule is CC(C)(C)c1conc1Nc1ncnc2cc(Br)cnc12. The molecule has 0 aromatic carbocycles. The number of anilines is 2. The van der Waals surface area contributed by atoms with E-state index in [1.165, 1.54) is 6.33 Å². The Morgan fingerprint density at radius 1 is 1.14 bits per heavy atom. The normalized spacial score (nSPS) is 11.8. The molecule has 0 aliphatic carbocycles.